The van der Waals surface area contributed by atoms with E-state index in [-0.39, 0.29) is 17.9 Å². The molecule has 0 aromatic heterocycles. The lowest BCUT2D eigenvalue weighted by Crippen LogP contribution is -2.47. The molecular formula is C21H32BrN3O2. The van der Waals surface area contributed by atoms with Gasteiger partial charge in [0.2, 0.25) is 11.8 Å². The number of unbranched alkanes of at least 4 members (excludes halogenated alkanes) is 1. The summed E-state index contributed by atoms with van der Waals surface area (Å²) in [7, 11) is 0. The number of rotatable bonds is 10. The Morgan fingerprint density at radius 2 is 1.81 bits per heavy atom. The zero-order valence-corrected chi connectivity index (χ0v) is 17.9. The average molecular weight is 438 g/mol. The van der Waals surface area contributed by atoms with Gasteiger partial charge in [0.15, 0.2) is 0 Å². The Labute approximate surface area is 171 Å². The number of hydrogen-bond acceptors (Lipinski definition) is 3. The Kier molecular flexibility index (Phi) is 9.84. The first-order chi connectivity index (χ1) is 13.1. The highest BCUT2D eigenvalue weighted by atomic mass is 79.9. The maximum absolute atomic E-state index is 12.1. The lowest BCUT2D eigenvalue weighted by atomic mass is 10.0. The van der Waals surface area contributed by atoms with Crippen molar-refractivity contribution < 1.29 is 9.59 Å². The van der Waals surface area contributed by atoms with E-state index in [0.29, 0.717) is 13.0 Å². The van der Waals surface area contributed by atoms with Crippen LogP contribution in [0.3, 0.4) is 0 Å². The molecule has 6 heteroatoms. The number of amides is 2. The molecule has 1 saturated heterocycles. The summed E-state index contributed by atoms with van der Waals surface area (Å²) in [5.74, 6) is 0.259. The van der Waals surface area contributed by atoms with Gasteiger partial charge in [-0.3, -0.25) is 14.5 Å². The van der Waals surface area contributed by atoms with Crippen LogP contribution in [-0.2, 0) is 16.0 Å². The van der Waals surface area contributed by atoms with Gasteiger partial charge in [-0.05, 0) is 56.2 Å². The predicted molar refractivity (Wildman–Crippen MR) is 113 cm³/mol. The van der Waals surface area contributed by atoms with Crippen LogP contribution in [0.1, 0.15) is 51.0 Å². The van der Waals surface area contributed by atoms with Crippen LogP contribution in [0.25, 0.3) is 0 Å². The summed E-state index contributed by atoms with van der Waals surface area (Å²) in [6, 6.07) is 8.61. The SMILES string of the molecule is CCCNC(=O)CN1CCC(NC(=O)CCCCc2ccc(Br)cc2)CC1. The third kappa shape index (κ3) is 8.89. The molecule has 0 spiro atoms. The summed E-state index contributed by atoms with van der Waals surface area (Å²) < 4.78 is 1.10. The normalized spacial score (nSPS) is 15.5. The van der Waals surface area contributed by atoms with Crippen LogP contribution in [0.15, 0.2) is 28.7 Å². The molecule has 0 bridgehead atoms. The standard InChI is InChI=1S/C21H32BrN3O2/c1-2-13-23-21(27)16-25-14-11-19(12-15-25)24-20(26)6-4-3-5-17-7-9-18(22)10-8-17/h7-10,19H,2-6,11-16H2,1H3,(H,23,27)(H,24,26). The van der Waals surface area contributed by atoms with Crippen LogP contribution in [0, 0.1) is 0 Å². The van der Waals surface area contributed by atoms with Crippen molar-refractivity contribution >= 4 is 27.7 Å². The molecule has 1 aromatic rings. The highest BCUT2D eigenvalue weighted by molar-refractivity contribution is 9.10. The molecular weight excluding hydrogens is 406 g/mol. The van der Waals surface area contributed by atoms with E-state index in [1.807, 2.05) is 0 Å². The highest BCUT2D eigenvalue weighted by Gasteiger charge is 2.21. The molecule has 0 aliphatic carbocycles. The molecule has 1 fully saturated rings. The minimum atomic E-state index is 0.102. The molecule has 1 heterocycles. The van der Waals surface area contributed by atoms with Gasteiger partial charge in [-0.15, -0.1) is 0 Å². The maximum Gasteiger partial charge on any atom is 0.234 e. The monoisotopic (exact) mass is 437 g/mol. The van der Waals surface area contributed by atoms with Gasteiger partial charge < -0.3 is 10.6 Å². The molecule has 1 aromatic carbocycles. The van der Waals surface area contributed by atoms with Crippen molar-refractivity contribution in [1.82, 2.24) is 15.5 Å². The first kappa shape index (κ1) is 21.9. The van der Waals surface area contributed by atoms with E-state index in [4.69, 9.17) is 0 Å². The lowest BCUT2D eigenvalue weighted by Gasteiger charge is -2.31. The number of piperidine rings is 1. The molecule has 150 valence electrons. The molecule has 2 amide bonds. The zero-order valence-electron chi connectivity index (χ0n) is 16.3. The van der Waals surface area contributed by atoms with Crippen molar-refractivity contribution in [2.24, 2.45) is 0 Å². The van der Waals surface area contributed by atoms with Crippen LogP contribution >= 0.6 is 15.9 Å². The number of likely N-dealkylation sites (tertiary alicyclic amines) is 1. The minimum Gasteiger partial charge on any atom is -0.355 e. The molecule has 1 aliphatic rings. The quantitative estimate of drug-likeness (QED) is 0.552. The fourth-order valence-corrected chi connectivity index (χ4v) is 3.59. The number of aryl methyl sites for hydroxylation is 1. The van der Waals surface area contributed by atoms with Gasteiger partial charge >= 0.3 is 0 Å². The van der Waals surface area contributed by atoms with Crippen LogP contribution in [0.4, 0.5) is 0 Å². The molecule has 27 heavy (non-hydrogen) atoms. The summed E-state index contributed by atoms with van der Waals surface area (Å²) >= 11 is 3.44. The predicted octanol–water partition coefficient (Wildman–Crippen LogP) is 3.27. The third-order valence-electron chi connectivity index (χ3n) is 4.92. The van der Waals surface area contributed by atoms with E-state index in [9.17, 15) is 9.59 Å². The number of nitrogens with one attached hydrogen (secondary N) is 2. The number of carbonyl (C=O) groups excluding carboxylic acids is 2. The van der Waals surface area contributed by atoms with Crippen LogP contribution in [0.5, 0.6) is 0 Å². The van der Waals surface area contributed by atoms with E-state index in [2.05, 4.69) is 62.7 Å². The minimum absolute atomic E-state index is 0.102. The lowest BCUT2D eigenvalue weighted by molar-refractivity contribution is -0.124. The second-order valence-electron chi connectivity index (χ2n) is 7.30. The zero-order chi connectivity index (χ0) is 19.5. The summed E-state index contributed by atoms with van der Waals surface area (Å²) in [4.78, 5) is 26.1. The van der Waals surface area contributed by atoms with E-state index in [1.165, 1.54) is 5.56 Å². The third-order valence-corrected chi connectivity index (χ3v) is 5.45. The molecule has 0 radical (unpaired) electrons. The molecule has 0 atom stereocenters. The summed E-state index contributed by atoms with van der Waals surface area (Å²) in [6.07, 6.45) is 6.36. The largest absolute Gasteiger partial charge is 0.355 e. The second kappa shape index (κ2) is 12.1. The number of carbonyl (C=O) groups is 2. The van der Waals surface area contributed by atoms with Crippen LogP contribution in [0.2, 0.25) is 0 Å². The van der Waals surface area contributed by atoms with Crippen molar-refractivity contribution in [3.8, 4) is 0 Å². The summed E-state index contributed by atoms with van der Waals surface area (Å²) in [5, 5.41) is 6.07. The maximum atomic E-state index is 12.1. The Morgan fingerprint density at radius 1 is 1.11 bits per heavy atom. The topological polar surface area (TPSA) is 61.4 Å². The smallest absolute Gasteiger partial charge is 0.234 e. The first-order valence-electron chi connectivity index (χ1n) is 10.1. The van der Waals surface area contributed by atoms with Gasteiger partial charge in [0.1, 0.15) is 0 Å². The Bertz CT molecular complexity index is 584. The average Bonchev–Trinajstić information content (AvgIpc) is 2.66. The summed E-state index contributed by atoms with van der Waals surface area (Å²) in [6.45, 7) is 5.00. The van der Waals surface area contributed by atoms with Gasteiger partial charge in [-0.2, -0.15) is 0 Å². The number of benzene rings is 1. The number of nitrogens with zero attached hydrogens (tertiary/aromatic N) is 1. The fraction of sp³-hybridized carbons (Fsp3) is 0.619. The van der Waals surface area contributed by atoms with Gasteiger partial charge in [0.25, 0.3) is 0 Å². The fourth-order valence-electron chi connectivity index (χ4n) is 3.32. The molecule has 2 rings (SSSR count). The molecule has 2 N–H and O–H groups in total. The Hall–Kier alpha value is -1.40. The van der Waals surface area contributed by atoms with Gasteiger partial charge in [-0.1, -0.05) is 35.0 Å². The van der Waals surface area contributed by atoms with Crippen LogP contribution < -0.4 is 10.6 Å². The molecule has 1 aliphatic heterocycles. The van der Waals surface area contributed by atoms with Crippen molar-refractivity contribution in [2.45, 2.75) is 57.9 Å². The molecule has 5 nitrogen and oxygen atoms in total. The molecule has 0 unspecified atom stereocenters. The van der Waals surface area contributed by atoms with Gasteiger partial charge in [0.05, 0.1) is 6.54 Å². The van der Waals surface area contributed by atoms with E-state index in [1.54, 1.807) is 0 Å². The number of halogens is 1. The van der Waals surface area contributed by atoms with E-state index in [0.717, 1.165) is 62.6 Å². The van der Waals surface area contributed by atoms with Crippen molar-refractivity contribution in [3.05, 3.63) is 34.3 Å². The van der Waals surface area contributed by atoms with Crippen LogP contribution in [-0.4, -0.2) is 48.9 Å². The first-order valence-corrected chi connectivity index (χ1v) is 10.9. The van der Waals surface area contributed by atoms with E-state index < -0.39 is 0 Å². The Balaban J connectivity index is 1.55. The van der Waals surface area contributed by atoms with E-state index >= 15 is 0 Å². The molecule has 0 saturated carbocycles. The second-order valence-corrected chi connectivity index (χ2v) is 8.22. The van der Waals surface area contributed by atoms with Gasteiger partial charge in [-0.25, -0.2) is 0 Å². The Morgan fingerprint density at radius 3 is 2.48 bits per heavy atom. The summed E-state index contributed by atoms with van der Waals surface area (Å²) in [5.41, 5.74) is 1.31. The van der Waals surface area contributed by atoms with Crippen molar-refractivity contribution in [1.29, 1.82) is 0 Å². The highest BCUT2D eigenvalue weighted by Crippen LogP contribution is 2.13. The van der Waals surface area contributed by atoms with Crippen molar-refractivity contribution in [2.75, 3.05) is 26.2 Å². The van der Waals surface area contributed by atoms with Crippen molar-refractivity contribution in [3.63, 3.8) is 0 Å². The van der Waals surface area contributed by atoms with Gasteiger partial charge in [0, 0.05) is 36.6 Å². The number of hydrogen-bond donors (Lipinski definition) is 2.